The van der Waals surface area contributed by atoms with E-state index in [9.17, 15) is 0 Å². The van der Waals surface area contributed by atoms with Crippen LogP contribution in [0.25, 0.3) is 0 Å². The molecule has 0 fully saturated rings. The second kappa shape index (κ2) is 6.24. The zero-order valence-electron chi connectivity index (χ0n) is 10.3. The van der Waals surface area contributed by atoms with Gasteiger partial charge in [0, 0.05) is 11.1 Å². The first kappa shape index (κ1) is 13.5. The molecule has 16 heavy (non-hydrogen) atoms. The van der Waals surface area contributed by atoms with Crippen LogP contribution in [-0.2, 0) is 0 Å². The van der Waals surface area contributed by atoms with Crippen molar-refractivity contribution in [2.75, 3.05) is 0 Å². The van der Waals surface area contributed by atoms with Crippen molar-refractivity contribution in [2.45, 2.75) is 39.7 Å². The first-order chi connectivity index (χ1) is 7.63. The molecular formula is C13H21ClN2. The molecule has 0 aliphatic rings. The molecule has 1 rings (SSSR count). The quantitative estimate of drug-likeness (QED) is 0.610. The summed E-state index contributed by atoms with van der Waals surface area (Å²) in [4.78, 5) is 0. The average Bonchev–Trinajstić information content (AvgIpc) is 2.29. The molecule has 0 aromatic heterocycles. The number of hydrogen-bond donors (Lipinski definition) is 2. The summed E-state index contributed by atoms with van der Waals surface area (Å²) in [5.74, 6) is 6.23. The fourth-order valence-electron chi connectivity index (χ4n) is 2.19. The summed E-state index contributed by atoms with van der Waals surface area (Å²) in [6, 6.07) is 6.17. The lowest BCUT2D eigenvalue weighted by molar-refractivity contribution is 0.344. The van der Waals surface area contributed by atoms with Gasteiger partial charge in [-0.3, -0.25) is 11.3 Å². The molecule has 3 heteroatoms. The Hall–Kier alpha value is -0.570. The van der Waals surface area contributed by atoms with Gasteiger partial charge in [-0.15, -0.1) is 0 Å². The van der Waals surface area contributed by atoms with E-state index in [-0.39, 0.29) is 6.04 Å². The minimum Gasteiger partial charge on any atom is -0.271 e. The van der Waals surface area contributed by atoms with Gasteiger partial charge in [0.15, 0.2) is 0 Å². The Morgan fingerprint density at radius 2 is 1.94 bits per heavy atom. The standard InChI is InChI=1S/C13H21ClN2/c1-4-10(5-2)13(16-15)12-8-11(14)7-6-9(12)3/h6-8,10,13,16H,4-5,15H2,1-3H3. The largest absolute Gasteiger partial charge is 0.271 e. The minimum absolute atomic E-state index is 0.189. The molecule has 1 unspecified atom stereocenters. The first-order valence-corrected chi connectivity index (χ1v) is 6.24. The fraction of sp³-hybridized carbons (Fsp3) is 0.538. The van der Waals surface area contributed by atoms with Gasteiger partial charge in [-0.2, -0.15) is 0 Å². The fourth-order valence-corrected chi connectivity index (χ4v) is 2.37. The van der Waals surface area contributed by atoms with Crippen LogP contribution in [0.15, 0.2) is 18.2 Å². The number of nitrogens with two attached hydrogens (primary N) is 1. The van der Waals surface area contributed by atoms with Crippen LogP contribution in [-0.4, -0.2) is 0 Å². The smallest absolute Gasteiger partial charge is 0.0491 e. The van der Waals surface area contributed by atoms with Crippen molar-refractivity contribution < 1.29 is 0 Å². The van der Waals surface area contributed by atoms with Gasteiger partial charge in [0.25, 0.3) is 0 Å². The van der Waals surface area contributed by atoms with Crippen molar-refractivity contribution in [3.8, 4) is 0 Å². The Morgan fingerprint density at radius 3 is 2.44 bits per heavy atom. The van der Waals surface area contributed by atoms with E-state index in [1.54, 1.807) is 0 Å². The van der Waals surface area contributed by atoms with Crippen molar-refractivity contribution >= 4 is 11.6 Å². The third kappa shape index (κ3) is 2.97. The van der Waals surface area contributed by atoms with Crippen LogP contribution in [0, 0.1) is 12.8 Å². The summed E-state index contributed by atoms with van der Waals surface area (Å²) < 4.78 is 0. The predicted octanol–water partition coefficient (Wildman–Crippen LogP) is 3.59. The van der Waals surface area contributed by atoms with E-state index < -0.39 is 0 Å². The van der Waals surface area contributed by atoms with Crippen LogP contribution in [0.5, 0.6) is 0 Å². The van der Waals surface area contributed by atoms with Gasteiger partial charge in [0.1, 0.15) is 0 Å². The molecule has 0 aliphatic heterocycles. The van der Waals surface area contributed by atoms with Crippen LogP contribution in [0.1, 0.15) is 43.9 Å². The van der Waals surface area contributed by atoms with Gasteiger partial charge in [-0.05, 0) is 36.1 Å². The Morgan fingerprint density at radius 1 is 1.31 bits per heavy atom. The lowest BCUT2D eigenvalue weighted by Gasteiger charge is -2.26. The van der Waals surface area contributed by atoms with Gasteiger partial charge >= 0.3 is 0 Å². The van der Waals surface area contributed by atoms with Crippen molar-refractivity contribution in [3.63, 3.8) is 0 Å². The molecule has 1 aromatic carbocycles. The molecule has 3 N–H and O–H groups in total. The molecule has 0 bridgehead atoms. The maximum absolute atomic E-state index is 6.04. The zero-order valence-corrected chi connectivity index (χ0v) is 11.0. The molecule has 0 saturated heterocycles. The maximum Gasteiger partial charge on any atom is 0.0491 e. The minimum atomic E-state index is 0.189. The maximum atomic E-state index is 6.04. The second-order valence-electron chi connectivity index (χ2n) is 4.22. The molecule has 90 valence electrons. The van der Waals surface area contributed by atoms with Crippen molar-refractivity contribution in [3.05, 3.63) is 34.3 Å². The van der Waals surface area contributed by atoms with Gasteiger partial charge in [-0.1, -0.05) is 44.4 Å². The third-order valence-electron chi connectivity index (χ3n) is 3.28. The SMILES string of the molecule is CCC(CC)C(NN)c1cc(Cl)ccc1C. The summed E-state index contributed by atoms with van der Waals surface area (Å²) in [6.07, 6.45) is 2.22. The number of halogens is 1. The number of rotatable bonds is 5. The van der Waals surface area contributed by atoms with E-state index in [0.717, 1.165) is 17.9 Å². The topological polar surface area (TPSA) is 38.0 Å². The van der Waals surface area contributed by atoms with E-state index in [2.05, 4.69) is 26.2 Å². The van der Waals surface area contributed by atoms with E-state index in [4.69, 9.17) is 17.4 Å². The Balaban J connectivity index is 3.06. The Kier molecular flexibility index (Phi) is 5.26. The average molecular weight is 241 g/mol. The van der Waals surface area contributed by atoms with Crippen LogP contribution in [0.2, 0.25) is 5.02 Å². The third-order valence-corrected chi connectivity index (χ3v) is 3.51. The van der Waals surface area contributed by atoms with E-state index in [1.807, 2.05) is 18.2 Å². The van der Waals surface area contributed by atoms with Gasteiger partial charge in [0.2, 0.25) is 0 Å². The number of aryl methyl sites for hydroxylation is 1. The summed E-state index contributed by atoms with van der Waals surface area (Å²) in [5.41, 5.74) is 5.38. The highest BCUT2D eigenvalue weighted by molar-refractivity contribution is 6.30. The van der Waals surface area contributed by atoms with Crippen LogP contribution >= 0.6 is 11.6 Å². The first-order valence-electron chi connectivity index (χ1n) is 5.86. The predicted molar refractivity (Wildman–Crippen MR) is 70.3 cm³/mol. The molecule has 0 heterocycles. The highest BCUT2D eigenvalue weighted by Gasteiger charge is 2.20. The molecule has 2 nitrogen and oxygen atoms in total. The highest BCUT2D eigenvalue weighted by Crippen LogP contribution is 2.30. The second-order valence-corrected chi connectivity index (χ2v) is 4.66. The lowest BCUT2D eigenvalue weighted by Crippen LogP contribution is -2.33. The molecule has 1 atom stereocenters. The summed E-state index contributed by atoms with van der Waals surface area (Å²) >= 11 is 6.04. The van der Waals surface area contributed by atoms with Crippen LogP contribution in [0.3, 0.4) is 0 Å². The number of nitrogens with one attached hydrogen (secondary N) is 1. The van der Waals surface area contributed by atoms with Crippen molar-refractivity contribution in [2.24, 2.45) is 11.8 Å². The number of hydrazine groups is 1. The molecule has 1 aromatic rings. The number of hydrogen-bond acceptors (Lipinski definition) is 2. The van der Waals surface area contributed by atoms with Crippen LogP contribution < -0.4 is 11.3 Å². The Labute approximate surface area is 103 Å². The number of benzene rings is 1. The van der Waals surface area contributed by atoms with Gasteiger partial charge in [-0.25, -0.2) is 0 Å². The summed E-state index contributed by atoms with van der Waals surface area (Å²) in [6.45, 7) is 6.48. The normalized spacial score (nSPS) is 13.1. The molecule has 0 aliphatic carbocycles. The molecule has 0 radical (unpaired) electrons. The van der Waals surface area contributed by atoms with E-state index in [0.29, 0.717) is 5.92 Å². The zero-order chi connectivity index (χ0) is 12.1. The molecule has 0 spiro atoms. The molecular weight excluding hydrogens is 220 g/mol. The summed E-state index contributed by atoms with van der Waals surface area (Å²) in [7, 11) is 0. The van der Waals surface area contributed by atoms with Crippen LogP contribution in [0.4, 0.5) is 0 Å². The van der Waals surface area contributed by atoms with Gasteiger partial charge < -0.3 is 0 Å². The monoisotopic (exact) mass is 240 g/mol. The van der Waals surface area contributed by atoms with E-state index in [1.165, 1.54) is 11.1 Å². The molecule has 0 saturated carbocycles. The highest BCUT2D eigenvalue weighted by atomic mass is 35.5. The summed E-state index contributed by atoms with van der Waals surface area (Å²) in [5, 5.41) is 0.770. The van der Waals surface area contributed by atoms with E-state index >= 15 is 0 Å². The lowest BCUT2D eigenvalue weighted by atomic mass is 9.87. The van der Waals surface area contributed by atoms with Crippen molar-refractivity contribution in [1.29, 1.82) is 0 Å². The van der Waals surface area contributed by atoms with Gasteiger partial charge in [0.05, 0.1) is 0 Å². The van der Waals surface area contributed by atoms with Crippen molar-refractivity contribution in [1.82, 2.24) is 5.43 Å². The Bertz CT molecular complexity index is 335. The molecule has 0 amide bonds.